The highest BCUT2D eigenvalue weighted by Gasteiger charge is 2.27. The highest BCUT2D eigenvalue weighted by Crippen LogP contribution is 2.14. The first-order valence-electron chi connectivity index (χ1n) is 3.59. The van der Waals surface area contributed by atoms with Crippen molar-refractivity contribution in [3.05, 3.63) is 0 Å². The predicted octanol–water partition coefficient (Wildman–Crippen LogP) is -0.573. The number of carbonyl (C=O) groups is 1. The number of nitrogens with zero attached hydrogens (tertiary/aromatic N) is 2. The van der Waals surface area contributed by atoms with Gasteiger partial charge in [-0.15, -0.1) is 11.8 Å². The highest BCUT2D eigenvalue weighted by atomic mass is 32.2. The van der Waals surface area contributed by atoms with E-state index >= 15 is 0 Å². The summed E-state index contributed by atoms with van der Waals surface area (Å²) < 4.78 is 0. The molecule has 1 rings (SSSR count). The van der Waals surface area contributed by atoms with Gasteiger partial charge in [0.1, 0.15) is 5.50 Å². The van der Waals surface area contributed by atoms with Crippen LogP contribution in [0.3, 0.4) is 0 Å². The summed E-state index contributed by atoms with van der Waals surface area (Å²) in [6.07, 6.45) is 1.95. The van der Waals surface area contributed by atoms with Crippen molar-refractivity contribution in [2.75, 3.05) is 26.5 Å². The van der Waals surface area contributed by atoms with Gasteiger partial charge in [0, 0.05) is 7.05 Å². The van der Waals surface area contributed by atoms with Crippen LogP contribution in [-0.4, -0.2) is 53.0 Å². The summed E-state index contributed by atoms with van der Waals surface area (Å²) in [5, 5.41) is 10.5. The molecule has 0 aliphatic carbocycles. The number of nitrogens with one attached hydrogen (secondary N) is 1. The van der Waals surface area contributed by atoms with Crippen LogP contribution in [0.4, 0.5) is 0 Å². The number of rotatable bonds is 3. The van der Waals surface area contributed by atoms with Crippen molar-refractivity contribution in [1.29, 1.82) is 0 Å². The van der Waals surface area contributed by atoms with Crippen molar-refractivity contribution in [1.82, 2.24) is 15.3 Å². The lowest BCUT2D eigenvalue weighted by atomic mass is 10.6. The van der Waals surface area contributed by atoms with Crippen molar-refractivity contribution >= 4 is 17.7 Å². The molecule has 1 heterocycles. The average molecular weight is 191 g/mol. The number of hydrogen-bond donors (Lipinski definition) is 2. The summed E-state index contributed by atoms with van der Waals surface area (Å²) in [4.78, 5) is 12.3. The quantitative estimate of drug-likeness (QED) is 0.623. The largest absolute Gasteiger partial charge is 0.480 e. The Hall–Kier alpha value is -0.300. The minimum Gasteiger partial charge on any atom is -0.480 e. The first-order valence-corrected chi connectivity index (χ1v) is 4.88. The number of carboxylic acid groups (broad SMARTS) is 1. The maximum Gasteiger partial charge on any atom is 0.317 e. The van der Waals surface area contributed by atoms with E-state index in [2.05, 4.69) is 5.43 Å². The third kappa shape index (κ3) is 2.34. The Morgan fingerprint density at radius 3 is 3.00 bits per heavy atom. The highest BCUT2D eigenvalue weighted by molar-refractivity contribution is 7.99. The maximum atomic E-state index is 10.4. The zero-order valence-corrected chi connectivity index (χ0v) is 7.97. The zero-order chi connectivity index (χ0) is 9.14. The number of hydrogen-bond acceptors (Lipinski definition) is 5. The predicted molar refractivity (Wildman–Crippen MR) is 47.4 cm³/mol. The van der Waals surface area contributed by atoms with Gasteiger partial charge in [0.25, 0.3) is 0 Å². The van der Waals surface area contributed by atoms with E-state index in [0.29, 0.717) is 6.67 Å². The van der Waals surface area contributed by atoms with Crippen LogP contribution in [0.5, 0.6) is 0 Å². The molecule has 0 aromatic rings. The normalized spacial score (nSPS) is 26.3. The molecule has 1 aliphatic heterocycles. The monoisotopic (exact) mass is 191 g/mol. The van der Waals surface area contributed by atoms with Crippen molar-refractivity contribution in [2.24, 2.45) is 0 Å². The number of aliphatic carboxylic acids is 1. The third-order valence-electron chi connectivity index (χ3n) is 1.62. The Bertz CT molecular complexity index is 178. The van der Waals surface area contributed by atoms with E-state index in [1.165, 1.54) is 0 Å². The lowest BCUT2D eigenvalue weighted by Gasteiger charge is -2.17. The smallest absolute Gasteiger partial charge is 0.317 e. The first-order chi connectivity index (χ1) is 5.63. The number of thioether (sulfide) groups is 1. The van der Waals surface area contributed by atoms with E-state index in [1.807, 2.05) is 23.2 Å². The summed E-state index contributed by atoms with van der Waals surface area (Å²) in [7, 11) is 1.89. The fraction of sp³-hybridized carbons (Fsp3) is 0.833. The van der Waals surface area contributed by atoms with Crippen molar-refractivity contribution in [3.63, 3.8) is 0 Å². The molecule has 5 nitrogen and oxygen atoms in total. The first kappa shape index (κ1) is 9.79. The minimum absolute atomic E-state index is 0.0862. The van der Waals surface area contributed by atoms with Gasteiger partial charge in [-0.25, -0.2) is 10.4 Å². The zero-order valence-electron chi connectivity index (χ0n) is 7.15. The molecule has 0 amide bonds. The fourth-order valence-corrected chi connectivity index (χ4v) is 1.89. The second-order valence-electron chi connectivity index (χ2n) is 2.70. The Morgan fingerprint density at radius 1 is 1.83 bits per heavy atom. The lowest BCUT2D eigenvalue weighted by molar-refractivity contribution is -0.138. The summed E-state index contributed by atoms with van der Waals surface area (Å²) in [5.74, 6) is -0.786. The van der Waals surface area contributed by atoms with Crippen LogP contribution in [0.1, 0.15) is 0 Å². The summed E-state index contributed by atoms with van der Waals surface area (Å²) in [5.41, 5.74) is 3.21. The molecular weight excluding hydrogens is 178 g/mol. The van der Waals surface area contributed by atoms with E-state index < -0.39 is 5.97 Å². The van der Waals surface area contributed by atoms with Gasteiger partial charge < -0.3 is 5.11 Å². The molecule has 0 aromatic heterocycles. The molecule has 0 spiro atoms. The lowest BCUT2D eigenvalue weighted by Crippen LogP contribution is -2.36. The van der Waals surface area contributed by atoms with Crippen LogP contribution in [0.25, 0.3) is 0 Å². The molecule has 70 valence electrons. The summed E-state index contributed by atoms with van der Waals surface area (Å²) in [6.45, 7) is 0.737. The molecule has 1 atom stereocenters. The molecule has 2 N–H and O–H groups in total. The Labute approximate surface area is 75.7 Å². The molecule has 6 heteroatoms. The SMILES string of the molecule is CSC1NN(C)CN1CC(=O)O. The summed E-state index contributed by atoms with van der Waals surface area (Å²) in [6, 6.07) is 0. The molecule has 1 aliphatic rings. The van der Waals surface area contributed by atoms with Gasteiger partial charge in [0.15, 0.2) is 0 Å². The Balaban J connectivity index is 2.46. The van der Waals surface area contributed by atoms with E-state index in [-0.39, 0.29) is 12.0 Å². The molecule has 0 radical (unpaired) electrons. The number of carboxylic acids is 1. The Morgan fingerprint density at radius 2 is 2.50 bits per heavy atom. The number of hydrazine groups is 1. The van der Waals surface area contributed by atoms with Crippen LogP contribution in [0, 0.1) is 0 Å². The fourth-order valence-electron chi connectivity index (χ4n) is 1.17. The molecule has 1 fully saturated rings. The topological polar surface area (TPSA) is 55.8 Å². The van der Waals surface area contributed by atoms with E-state index in [0.717, 1.165) is 0 Å². The van der Waals surface area contributed by atoms with Gasteiger partial charge in [0.05, 0.1) is 13.2 Å². The maximum absolute atomic E-state index is 10.4. The molecule has 0 bridgehead atoms. The molecule has 1 saturated heterocycles. The molecule has 0 saturated carbocycles. The van der Waals surface area contributed by atoms with Crippen LogP contribution >= 0.6 is 11.8 Å². The van der Waals surface area contributed by atoms with E-state index in [4.69, 9.17) is 5.11 Å². The average Bonchev–Trinajstić information content (AvgIpc) is 2.29. The van der Waals surface area contributed by atoms with E-state index in [9.17, 15) is 4.79 Å². The molecule has 1 unspecified atom stereocenters. The van der Waals surface area contributed by atoms with Crippen LogP contribution in [0.2, 0.25) is 0 Å². The third-order valence-corrected chi connectivity index (χ3v) is 2.47. The Kier molecular flexibility index (Phi) is 3.33. The van der Waals surface area contributed by atoms with Gasteiger partial charge in [-0.05, 0) is 6.26 Å². The second kappa shape index (κ2) is 4.08. The molecule has 12 heavy (non-hydrogen) atoms. The summed E-state index contributed by atoms with van der Waals surface area (Å²) >= 11 is 1.60. The molecular formula is C6H13N3O2S. The van der Waals surface area contributed by atoms with Gasteiger partial charge >= 0.3 is 5.97 Å². The van der Waals surface area contributed by atoms with Gasteiger partial charge in [0.2, 0.25) is 0 Å². The minimum atomic E-state index is -0.786. The van der Waals surface area contributed by atoms with Crippen LogP contribution in [-0.2, 0) is 4.79 Å². The van der Waals surface area contributed by atoms with Crippen LogP contribution in [0.15, 0.2) is 0 Å². The van der Waals surface area contributed by atoms with Crippen molar-refractivity contribution in [3.8, 4) is 0 Å². The van der Waals surface area contributed by atoms with E-state index in [1.54, 1.807) is 11.8 Å². The van der Waals surface area contributed by atoms with Gasteiger partial charge in [-0.1, -0.05) is 0 Å². The van der Waals surface area contributed by atoms with Crippen LogP contribution < -0.4 is 5.43 Å². The van der Waals surface area contributed by atoms with Gasteiger partial charge in [-0.3, -0.25) is 9.69 Å². The van der Waals surface area contributed by atoms with Crippen molar-refractivity contribution < 1.29 is 9.90 Å². The molecule has 0 aromatic carbocycles. The standard InChI is InChI=1S/C6H13N3O2S/c1-8-4-9(3-5(10)11)6(7-8)12-2/h6-7H,3-4H2,1-2H3,(H,10,11). The van der Waals surface area contributed by atoms with Crippen molar-refractivity contribution in [2.45, 2.75) is 5.50 Å². The van der Waals surface area contributed by atoms with Gasteiger partial charge in [-0.2, -0.15) is 0 Å². The second-order valence-corrected chi connectivity index (χ2v) is 3.62.